The fraction of sp³-hybridized carbons (Fsp3) is 0.409. The van der Waals surface area contributed by atoms with Crippen molar-refractivity contribution in [1.82, 2.24) is 10.2 Å². The zero-order valence-electron chi connectivity index (χ0n) is 15.9. The number of hydrogen-bond donors (Lipinski definition) is 1. The van der Waals surface area contributed by atoms with Crippen LogP contribution in [0.2, 0.25) is 0 Å². The minimum absolute atomic E-state index is 0.00267. The van der Waals surface area contributed by atoms with Crippen molar-refractivity contribution in [2.45, 2.75) is 26.8 Å². The maximum Gasteiger partial charge on any atom is 0.251 e. The highest BCUT2D eigenvalue weighted by molar-refractivity contribution is 5.95. The molecule has 1 atom stereocenters. The van der Waals surface area contributed by atoms with Crippen LogP contribution < -0.4 is 5.32 Å². The van der Waals surface area contributed by atoms with Crippen LogP contribution in [0.5, 0.6) is 0 Å². The summed E-state index contributed by atoms with van der Waals surface area (Å²) in [6.07, 6.45) is 0. The van der Waals surface area contributed by atoms with E-state index in [9.17, 15) is 4.79 Å². The maximum absolute atomic E-state index is 12.7. The highest BCUT2D eigenvalue weighted by atomic mass is 16.5. The fourth-order valence-electron chi connectivity index (χ4n) is 3.51. The molecule has 0 aromatic heterocycles. The molecule has 138 valence electrons. The van der Waals surface area contributed by atoms with Crippen molar-refractivity contribution in [2.75, 3.05) is 32.8 Å². The van der Waals surface area contributed by atoms with Gasteiger partial charge in [-0.15, -0.1) is 0 Å². The molecule has 1 aliphatic rings. The fourth-order valence-corrected chi connectivity index (χ4v) is 3.51. The average Bonchev–Trinajstić information content (AvgIpc) is 2.65. The molecular weight excluding hydrogens is 324 g/mol. The molecular formula is C22H28N2O2. The monoisotopic (exact) mass is 352 g/mol. The first-order valence-electron chi connectivity index (χ1n) is 9.29. The van der Waals surface area contributed by atoms with E-state index in [0.717, 1.165) is 43.0 Å². The third-order valence-electron chi connectivity index (χ3n) is 5.22. The summed E-state index contributed by atoms with van der Waals surface area (Å²) in [6, 6.07) is 14.6. The maximum atomic E-state index is 12.7. The Morgan fingerprint density at radius 3 is 2.58 bits per heavy atom. The minimum Gasteiger partial charge on any atom is -0.379 e. The number of benzene rings is 2. The Balaban J connectivity index is 1.77. The van der Waals surface area contributed by atoms with Gasteiger partial charge in [-0.05, 0) is 43.5 Å². The lowest BCUT2D eigenvalue weighted by Crippen LogP contribution is -2.44. The van der Waals surface area contributed by atoms with Gasteiger partial charge in [0.25, 0.3) is 5.91 Å². The molecule has 4 heteroatoms. The third kappa shape index (κ3) is 4.32. The number of morpholine rings is 1. The van der Waals surface area contributed by atoms with Gasteiger partial charge >= 0.3 is 0 Å². The molecule has 26 heavy (non-hydrogen) atoms. The second kappa shape index (κ2) is 8.47. The lowest BCUT2D eigenvalue weighted by molar-refractivity contribution is 0.0162. The summed E-state index contributed by atoms with van der Waals surface area (Å²) in [7, 11) is 0. The van der Waals surface area contributed by atoms with Crippen molar-refractivity contribution in [2.24, 2.45) is 0 Å². The third-order valence-corrected chi connectivity index (χ3v) is 5.22. The minimum atomic E-state index is -0.00267. The number of aryl methyl sites for hydroxylation is 2. The van der Waals surface area contributed by atoms with Crippen molar-refractivity contribution >= 4 is 5.91 Å². The van der Waals surface area contributed by atoms with Crippen LogP contribution in [-0.2, 0) is 4.74 Å². The summed E-state index contributed by atoms with van der Waals surface area (Å²) in [5.41, 5.74) is 5.43. The van der Waals surface area contributed by atoms with Crippen molar-refractivity contribution < 1.29 is 9.53 Å². The first-order chi connectivity index (χ1) is 12.6. The molecule has 0 spiro atoms. The van der Waals surface area contributed by atoms with Crippen LogP contribution in [0, 0.1) is 20.8 Å². The number of amides is 1. The van der Waals surface area contributed by atoms with E-state index in [1.807, 2.05) is 32.0 Å². The summed E-state index contributed by atoms with van der Waals surface area (Å²) in [5, 5.41) is 3.16. The summed E-state index contributed by atoms with van der Waals surface area (Å²) < 4.78 is 5.50. The SMILES string of the molecule is Cc1cccc(C(CNC(=O)c2cccc(C)c2C)N2CCOCC2)c1. The molecule has 1 fully saturated rings. The molecule has 1 saturated heterocycles. The van der Waals surface area contributed by atoms with Crippen LogP contribution in [0.4, 0.5) is 0 Å². The molecule has 0 radical (unpaired) electrons. The molecule has 1 aliphatic heterocycles. The highest BCUT2D eigenvalue weighted by Gasteiger charge is 2.23. The predicted octanol–water partition coefficient (Wildman–Crippen LogP) is 3.42. The van der Waals surface area contributed by atoms with Gasteiger partial charge in [0.15, 0.2) is 0 Å². The van der Waals surface area contributed by atoms with Crippen LogP contribution in [0.25, 0.3) is 0 Å². The van der Waals surface area contributed by atoms with E-state index >= 15 is 0 Å². The van der Waals surface area contributed by atoms with Gasteiger partial charge in [-0.2, -0.15) is 0 Å². The first kappa shape index (κ1) is 18.6. The molecule has 1 heterocycles. The number of nitrogens with zero attached hydrogens (tertiary/aromatic N) is 1. The summed E-state index contributed by atoms with van der Waals surface area (Å²) in [6.45, 7) is 10.0. The van der Waals surface area contributed by atoms with E-state index in [1.54, 1.807) is 0 Å². The number of carbonyl (C=O) groups is 1. The number of ether oxygens (including phenoxy) is 1. The van der Waals surface area contributed by atoms with Crippen molar-refractivity contribution in [3.8, 4) is 0 Å². The van der Waals surface area contributed by atoms with Crippen LogP contribution in [0.15, 0.2) is 42.5 Å². The predicted molar refractivity (Wildman–Crippen MR) is 105 cm³/mol. The average molecular weight is 352 g/mol. The summed E-state index contributed by atoms with van der Waals surface area (Å²) in [4.78, 5) is 15.2. The topological polar surface area (TPSA) is 41.6 Å². The number of rotatable bonds is 5. The molecule has 3 rings (SSSR count). The first-order valence-corrected chi connectivity index (χ1v) is 9.29. The van der Waals surface area contributed by atoms with Crippen LogP contribution >= 0.6 is 0 Å². The van der Waals surface area contributed by atoms with Gasteiger partial charge in [-0.3, -0.25) is 9.69 Å². The van der Waals surface area contributed by atoms with Gasteiger partial charge in [0.2, 0.25) is 0 Å². The van der Waals surface area contributed by atoms with Gasteiger partial charge in [0.05, 0.1) is 19.3 Å². The molecule has 0 saturated carbocycles. The lowest BCUT2D eigenvalue weighted by atomic mass is 10.0. The second-order valence-corrected chi connectivity index (χ2v) is 7.04. The van der Waals surface area contributed by atoms with Gasteiger partial charge in [-0.25, -0.2) is 0 Å². The standard InChI is InChI=1S/C22H28N2O2/c1-16-6-4-8-19(14-16)21(24-10-12-26-13-11-24)15-23-22(25)20-9-5-7-17(2)18(20)3/h4-9,14,21H,10-13,15H2,1-3H3,(H,23,25). The smallest absolute Gasteiger partial charge is 0.251 e. The highest BCUT2D eigenvalue weighted by Crippen LogP contribution is 2.22. The normalized spacial score (nSPS) is 16.3. The molecule has 1 N–H and O–H groups in total. The summed E-state index contributed by atoms with van der Waals surface area (Å²) >= 11 is 0. The molecule has 2 aromatic carbocycles. The van der Waals surface area contributed by atoms with E-state index in [2.05, 4.69) is 41.4 Å². The lowest BCUT2D eigenvalue weighted by Gasteiger charge is -2.35. The largest absolute Gasteiger partial charge is 0.379 e. The van der Waals surface area contributed by atoms with Crippen molar-refractivity contribution in [3.05, 3.63) is 70.3 Å². The van der Waals surface area contributed by atoms with E-state index in [4.69, 9.17) is 4.74 Å². The Labute approximate surface area is 156 Å². The second-order valence-electron chi connectivity index (χ2n) is 7.04. The van der Waals surface area contributed by atoms with Crippen LogP contribution in [0.1, 0.15) is 38.7 Å². The summed E-state index contributed by atoms with van der Waals surface area (Å²) in [5.74, 6) is -0.00267. The van der Waals surface area contributed by atoms with Crippen molar-refractivity contribution in [1.29, 1.82) is 0 Å². The van der Waals surface area contributed by atoms with E-state index in [1.165, 1.54) is 11.1 Å². The van der Waals surface area contributed by atoms with E-state index in [-0.39, 0.29) is 11.9 Å². The number of hydrogen-bond acceptors (Lipinski definition) is 3. The molecule has 0 aliphatic carbocycles. The van der Waals surface area contributed by atoms with Gasteiger partial charge in [-0.1, -0.05) is 42.0 Å². The zero-order valence-corrected chi connectivity index (χ0v) is 15.9. The Morgan fingerprint density at radius 1 is 1.12 bits per heavy atom. The van der Waals surface area contributed by atoms with Crippen molar-refractivity contribution in [3.63, 3.8) is 0 Å². The van der Waals surface area contributed by atoms with Gasteiger partial charge in [0.1, 0.15) is 0 Å². The van der Waals surface area contributed by atoms with Gasteiger partial charge in [0, 0.05) is 25.2 Å². The quantitative estimate of drug-likeness (QED) is 0.896. The van der Waals surface area contributed by atoms with Crippen LogP contribution in [0.3, 0.4) is 0 Å². The zero-order chi connectivity index (χ0) is 18.5. The van der Waals surface area contributed by atoms with Gasteiger partial charge < -0.3 is 10.1 Å². The van der Waals surface area contributed by atoms with Crippen LogP contribution in [-0.4, -0.2) is 43.7 Å². The van der Waals surface area contributed by atoms with E-state index < -0.39 is 0 Å². The molecule has 0 bridgehead atoms. The van der Waals surface area contributed by atoms with E-state index in [0.29, 0.717) is 6.54 Å². The molecule has 2 aromatic rings. The Morgan fingerprint density at radius 2 is 1.85 bits per heavy atom. The Hall–Kier alpha value is -2.17. The molecule has 1 amide bonds. The Bertz CT molecular complexity index is 766. The number of carbonyl (C=O) groups excluding carboxylic acids is 1. The molecule has 1 unspecified atom stereocenters. The molecule has 4 nitrogen and oxygen atoms in total. The number of nitrogens with one attached hydrogen (secondary N) is 1. The Kier molecular flexibility index (Phi) is 6.07.